The minimum atomic E-state index is -0.955. The van der Waals surface area contributed by atoms with Gasteiger partial charge in [0, 0.05) is 37.8 Å². The highest BCUT2D eigenvalue weighted by molar-refractivity contribution is 6.28. The molecule has 2 aliphatic heterocycles. The van der Waals surface area contributed by atoms with Gasteiger partial charge in [-0.15, -0.1) is 0 Å². The Hall–Kier alpha value is -2.11. The number of fused-ring (bicyclic) bond motifs is 1. The van der Waals surface area contributed by atoms with Crippen LogP contribution in [0.1, 0.15) is 17.7 Å². The zero-order chi connectivity index (χ0) is 16.4. The molecule has 0 spiro atoms. The summed E-state index contributed by atoms with van der Waals surface area (Å²) in [5, 5.41) is 21.5. The van der Waals surface area contributed by atoms with Crippen LogP contribution >= 0.6 is 11.6 Å². The predicted octanol–water partition coefficient (Wildman–Crippen LogP) is 0.858. The molecule has 0 unspecified atom stereocenters. The lowest BCUT2D eigenvalue weighted by atomic mass is 10.0. The van der Waals surface area contributed by atoms with Crippen LogP contribution in [0.2, 0.25) is 5.28 Å². The van der Waals surface area contributed by atoms with Crippen molar-refractivity contribution in [2.24, 2.45) is 0 Å². The van der Waals surface area contributed by atoms with Gasteiger partial charge >= 0.3 is 6.09 Å². The molecule has 2 aliphatic rings. The normalized spacial score (nSPS) is 20.8. The molecular formula is C14H17ClN6O2. The number of halogens is 1. The molecule has 1 aromatic rings. The molecule has 8 nitrogen and oxygen atoms in total. The molecule has 1 atom stereocenters. The van der Waals surface area contributed by atoms with E-state index in [9.17, 15) is 4.79 Å². The fourth-order valence-electron chi connectivity index (χ4n) is 3.07. The number of carboxylic acid groups (broad SMARTS) is 1. The lowest BCUT2D eigenvalue weighted by molar-refractivity contribution is 0.139. The highest BCUT2D eigenvalue weighted by Gasteiger charge is 2.29. The van der Waals surface area contributed by atoms with Crippen LogP contribution in [-0.4, -0.2) is 58.3 Å². The number of nitrogens with zero attached hydrogens (tertiary/aromatic N) is 5. The zero-order valence-corrected chi connectivity index (χ0v) is 13.3. The summed E-state index contributed by atoms with van der Waals surface area (Å²) in [5.74, 6) is 0.773. The van der Waals surface area contributed by atoms with Gasteiger partial charge in [0.2, 0.25) is 5.28 Å². The third-order valence-electron chi connectivity index (χ3n) is 4.18. The van der Waals surface area contributed by atoms with Crippen LogP contribution < -0.4 is 10.2 Å². The smallest absolute Gasteiger partial charge is 0.407 e. The molecular weight excluding hydrogens is 320 g/mol. The second kappa shape index (κ2) is 6.56. The van der Waals surface area contributed by atoms with Gasteiger partial charge in [0.15, 0.2) is 0 Å². The molecule has 0 saturated carbocycles. The number of rotatable bonds is 2. The number of anilines is 1. The Morgan fingerprint density at radius 1 is 1.48 bits per heavy atom. The molecule has 1 aromatic heterocycles. The van der Waals surface area contributed by atoms with E-state index in [2.05, 4.69) is 26.3 Å². The molecule has 2 N–H and O–H groups in total. The first-order chi connectivity index (χ1) is 11.1. The van der Waals surface area contributed by atoms with E-state index in [1.807, 2.05) is 0 Å². The molecule has 3 heterocycles. The third-order valence-corrected chi connectivity index (χ3v) is 4.35. The van der Waals surface area contributed by atoms with Gasteiger partial charge in [0.05, 0.1) is 24.7 Å². The van der Waals surface area contributed by atoms with Gasteiger partial charge in [-0.3, -0.25) is 0 Å². The van der Waals surface area contributed by atoms with Crippen LogP contribution in [0, 0.1) is 11.3 Å². The SMILES string of the molecule is N#CC[C@H]1CN(c2nc(Cl)nc3c2CCN(C(=O)O)C3)CCN1. The van der Waals surface area contributed by atoms with Gasteiger partial charge in [0.1, 0.15) is 5.82 Å². The van der Waals surface area contributed by atoms with Crippen molar-refractivity contribution < 1.29 is 9.90 Å². The van der Waals surface area contributed by atoms with Crippen LogP contribution in [0.5, 0.6) is 0 Å². The van der Waals surface area contributed by atoms with Crippen molar-refractivity contribution >= 4 is 23.5 Å². The molecule has 1 fully saturated rings. The van der Waals surface area contributed by atoms with Crippen molar-refractivity contribution in [3.8, 4) is 6.07 Å². The molecule has 0 aliphatic carbocycles. The maximum Gasteiger partial charge on any atom is 0.407 e. The van der Waals surface area contributed by atoms with E-state index in [1.165, 1.54) is 4.90 Å². The summed E-state index contributed by atoms with van der Waals surface area (Å²) in [6.45, 7) is 2.87. The average Bonchev–Trinajstić information content (AvgIpc) is 2.54. The van der Waals surface area contributed by atoms with Gasteiger partial charge in [-0.2, -0.15) is 5.26 Å². The topological polar surface area (TPSA) is 105 Å². The molecule has 23 heavy (non-hydrogen) atoms. The Morgan fingerprint density at radius 3 is 3.04 bits per heavy atom. The van der Waals surface area contributed by atoms with Gasteiger partial charge in [-0.05, 0) is 18.0 Å². The molecule has 0 bridgehead atoms. The fourth-order valence-corrected chi connectivity index (χ4v) is 3.25. The largest absolute Gasteiger partial charge is 0.465 e. The van der Waals surface area contributed by atoms with E-state index in [-0.39, 0.29) is 17.9 Å². The monoisotopic (exact) mass is 336 g/mol. The summed E-state index contributed by atoms with van der Waals surface area (Å²) in [6.07, 6.45) is 0.0499. The quantitative estimate of drug-likeness (QED) is 0.771. The summed E-state index contributed by atoms with van der Waals surface area (Å²) >= 11 is 6.04. The molecule has 3 rings (SSSR count). The summed E-state index contributed by atoms with van der Waals surface area (Å²) in [5.41, 5.74) is 1.63. The third kappa shape index (κ3) is 3.30. The summed E-state index contributed by atoms with van der Waals surface area (Å²) < 4.78 is 0. The number of hydrogen-bond donors (Lipinski definition) is 2. The molecule has 9 heteroatoms. The average molecular weight is 337 g/mol. The van der Waals surface area contributed by atoms with Crippen molar-refractivity contribution in [1.29, 1.82) is 5.26 Å². The lowest BCUT2D eigenvalue weighted by Gasteiger charge is -2.36. The predicted molar refractivity (Wildman–Crippen MR) is 83.4 cm³/mol. The van der Waals surface area contributed by atoms with E-state index in [1.54, 1.807) is 0 Å². The van der Waals surface area contributed by atoms with Crippen LogP contribution in [0.25, 0.3) is 0 Å². The zero-order valence-electron chi connectivity index (χ0n) is 12.5. The summed E-state index contributed by atoms with van der Waals surface area (Å²) in [4.78, 5) is 23.2. The molecule has 0 radical (unpaired) electrons. The molecule has 1 saturated heterocycles. The van der Waals surface area contributed by atoms with Crippen LogP contribution in [0.3, 0.4) is 0 Å². The number of piperazine rings is 1. The minimum absolute atomic E-state index is 0.0947. The maximum absolute atomic E-state index is 11.2. The van der Waals surface area contributed by atoms with Crippen molar-refractivity contribution in [3.05, 3.63) is 16.5 Å². The Morgan fingerprint density at radius 2 is 2.30 bits per heavy atom. The minimum Gasteiger partial charge on any atom is -0.465 e. The van der Waals surface area contributed by atoms with Crippen LogP contribution in [0.15, 0.2) is 0 Å². The van der Waals surface area contributed by atoms with Gasteiger partial charge in [-0.1, -0.05) is 0 Å². The number of nitrogens with one attached hydrogen (secondary N) is 1. The number of hydrogen-bond acceptors (Lipinski definition) is 6. The Labute approximate surface area is 138 Å². The van der Waals surface area contributed by atoms with Crippen molar-refractivity contribution in [2.45, 2.75) is 25.4 Å². The summed E-state index contributed by atoms with van der Waals surface area (Å²) in [7, 11) is 0. The number of aromatic nitrogens is 2. The van der Waals surface area contributed by atoms with E-state index >= 15 is 0 Å². The van der Waals surface area contributed by atoms with E-state index in [0.29, 0.717) is 31.6 Å². The van der Waals surface area contributed by atoms with Crippen molar-refractivity contribution in [1.82, 2.24) is 20.2 Å². The standard InChI is InChI=1S/C14H17ClN6O2/c15-13-18-11-8-21(14(22)23)5-2-10(11)12(19-13)20-6-4-17-9(7-20)1-3-16/h9,17H,1-2,4-8H2,(H,22,23)/t9-/m0/s1. The Kier molecular flexibility index (Phi) is 4.50. The van der Waals surface area contributed by atoms with E-state index in [4.69, 9.17) is 22.0 Å². The number of amides is 1. The van der Waals surface area contributed by atoms with Crippen molar-refractivity contribution in [2.75, 3.05) is 31.1 Å². The second-order valence-corrected chi connectivity index (χ2v) is 5.99. The number of nitriles is 1. The van der Waals surface area contributed by atoms with Gasteiger partial charge in [-0.25, -0.2) is 14.8 Å². The van der Waals surface area contributed by atoms with E-state index < -0.39 is 6.09 Å². The fraction of sp³-hybridized carbons (Fsp3) is 0.571. The molecule has 122 valence electrons. The molecule has 0 aromatic carbocycles. The Balaban J connectivity index is 1.89. The first kappa shape index (κ1) is 15.8. The first-order valence-corrected chi connectivity index (χ1v) is 7.84. The maximum atomic E-state index is 11.2. The van der Waals surface area contributed by atoms with Gasteiger partial charge in [0.25, 0.3) is 0 Å². The highest BCUT2D eigenvalue weighted by atomic mass is 35.5. The van der Waals surface area contributed by atoms with Crippen LogP contribution in [-0.2, 0) is 13.0 Å². The van der Waals surface area contributed by atoms with Gasteiger partial charge < -0.3 is 20.2 Å². The van der Waals surface area contributed by atoms with Crippen LogP contribution in [0.4, 0.5) is 10.6 Å². The second-order valence-electron chi connectivity index (χ2n) is 5.65. The van der Waals surface area contributed by atoms with E-state index in [0.717, 1.165) is 24.5 Å². The Bertz CT molecular complexity index is 661. The number of carbonyl (C=O) groups is 1. The summed E-state index contributed by atoms with van der Waals surface area (Å²) in [6, 6.07) is 2.28. The molecule has 1 amide bonds. The van der Waals surface area contributed by atoms with Crippen molar-refractivity contribution in [3.63, 3.8) is 0 Å². The highest BCUT2D eigenvalue weighted by Crippen LogP contribution is 2.28. The first-order valence-electron chi connectivity index (χ1n) is 7.47. The lowest BCUT2D eigenvalue weighted by Crippen LogP contribution is -2.51.